The van der Waals surface area contributed by atoms with E-state index < -0.39 is 23.4 Å². The van der Waals surface area contributed by atoms with Crippen molar-refractivity contribution in [3.8, 4) is 11.5 Å². The minimum absolute atomic E-state index is 0.0353. The summed E-state index contributed by atoms with van der Waals surface area (Å²) < 4.78 is 15.2. The van der Waals surface area contributed by atoms with E-state index in [9.17, 15) is 19.7 Å². The molecule has 0 heterocycles. The molecule has 0 radical (unpaired) electrons. The number of methoxy groups -OCH3 is 2. The van der Waals surface area contributed by atoms with Gasteiger partial charge in [-0.3, -0.25) is 14.9 Å². The molecule has 2 aromatic carbocycles. The van der Waals surface area contributed by atoms with Crippen LogP contribution in [0.4, 0.5) is 11.4 Å². The summed E-state index contributed by atoms with van der Waals surface area (Å²) in [4.78, 5) is 35.0. The first-order valence-corrected chi connectivity index (χ1v) is 8.21. The van der Waals surface area contributed by atoms with E-state index in [-0.39, 0.29) is 22.7 Å². The molecule has 0 aromatic heterocycles. The quantitative estimate of drug-likeness (QED) is 0.440. The number of hydrogen-bond donors (Lipinski definition) is 1. The number of nitro benzene ring substituents is 1. The van der Waals surface area contributed by atoms with Crippen LogP contribution in [0.2, 0.25) is 0 Å². The number of hydrogen-bond acceptors (Lipinski definition) is 7. The van der Waals surface area contributed by atoms with Crippen LogP contribution in [0.25, 0.3) is 0 Å². The second kappa shape index (κ2) is 8.85. The highest BCUT2D eigenvalue weighted by atomic mass is 16.6. The van der Waals surface area contributed by atoms with Crippen LogP contribution in [-0.2, 0) is 9.53 Å². The summed E-state index contributed by atoms with van der Waals surface area (Å²) in [5, 5.41) is 13.6. The van der Waals surface area contributed by atoms with Crippen LogP contribution in [0.1, 0.15) is 21.5 Å². The Kier molecular flexibility index (Phi) is 6.54. The SMILES string of the molecule is COc1ccc(OC)c(C(=O)OCC(=O)Nc2cc(C)c(C)cc2[N+](=O)[O-])c1. The fourth-order valence-corrected chi connectivity index (χ4v) is 2.42. The van der Waals surface area contributed by atoms with Gasteiger partial charge in [-0.1, -0.05) is 0 Å². The average molecular weight is 388 g/mol. The van der Waals surface area contributed by atoms with Crippen molar-refractivity contribution in [1.82, 2.24) is 0 Å². The molecule has 28 heavy (non-hydrogen) atoms. The number of amides is 1. The van der Waals surface area contributed by atoms with Crippen LogP contribution < -0.4 is 14.8 Å². The monoisotopic (exact) mass is 388 g/mol. The van der Waals surface area contributed by atoms with Gasteiger partial charge in [0.05, 0.1) is 19.1 Å². The number of esters is 1. The van der Waals surface area contributed by atoms with Gasteiger partial charge >= 0.3 is 5.97 Å². The lowest BCUT2D eigenvalue weighted by atomic mass is 10.1. The van der Waals surface area contributed by atoms with E-state index in [4.69, 9.17) is 14.2 Å². The Morgan fingerprint density at radius 2 is 1.75 bits per heavy atom. The van der Waals surface area contributed by atoms with E-state index in [0.29, 0.717) is 5.75 Å². The van der Waals surface area contributed by atoms with Crippen LogP contribution in [0.3, 0.4) is 0 Å². The lowest BCUT2D eigenvalue weighted by molar-refractivity contribution is -0.384. The third kappa shape index (κ3) is 4.76. The maximum absolute atomic E-state index is 12.3. The fraction of sp³-hybridized carbons (Fsp3) is 0.263. The predicted molar refractivity (Wildman–Crippen MR) is 101 cm³/mol. The number of anilines is 1. The summed E-state index contributed by atoms with van der Waals surface area (Å²) in [6.45, 7) is 2.88. The molecule has 1 amide bonds. The third-order valence-corrected chi connectivity index (χ3v) is 4.04. The number of nitrogens with zero attached hydrogens (tertiary/aromatic N) is 1. The van der Waals surface area contributed by atoms with E-state index >= 15 is 0 Å². The highest BCUT2D eigenvalue weighted by molar-refractivity contribution is 5.98. The lowest BCUT2D eigenvalue weighted by Gasteiger charge is -2.11. The zero-order chi connectivity index (χ0) is 20.8. The van der Waals surface area contributed by atoms with E-state index in [0.717, 1.165) is 11.1 Å². The summed E-state index contributed by atoms with van der Waals surface area (Å²) in [5.41, 5.74) is 1.39. The summed E-state index contributed by atoms with van der Waals surface area (Å²) >= 11 is 0. The number of rotatable bonds is 7. The van der Waals surface area contributed by atoms with E-state index in [1.54, 1.807) is 19.9 Å². The van der Waals surface area contributed by atoms with Gasteiger partial charge < -0.3 is 19.5 Å². The largest absolute Gasteiger partial charge is 0.497 e. The van der Waals surface area contributed by atoms with Crippen molar-refractivity contribution in [2.45, 2.75) is 13.8 Å². The number of carbonyl (C=O) groups is 2. The standard InChI is InChI=1S/C19H20N2O7/c1-11-7-15(16(21(24)25)8-12(11)2)20-18(22)10-28-19(23)14-9-13(26-3)5-6-17(14)27-4/h5-9H,10H2,1-4H3,(H,20,22). The summed E-state index contributed by atoms with van der Waals surface area (Å²) in [7, 11) is 2.84. The van der Waals surface area contributed by atoms with Gasteiger partial charge in [0.15, 0.2) is 6.61 Å². The van der Waals surface area contributed by atoms with E-state index in [2.05, 4.69) is 5.32 Å². The van der Waals surface area contributed by atoms with Gasteiger partial charge in [0.25, 0.3) is 11.6 Å². The Morgan fingerprint density at radius 3 is 2.36 bits per heavy atom. The van der Waals surface area contributed by atoms with Crippen molar-refractivity contribution in [2.75, 3.05) is 26.1 Å². The molecule has 0 saturated heterocycles. The molecule has 0 bridgehead atoms. The van der Waals surface area contributed by atoms with Crippen molar-refractivity contribution < 1.29 is 28.7 Å². The van der Waals surface area contributed by atoms with Crippen molar-refractivity contribution in [3.05, 3.63) is 57.1 Å². The molecule has 0 saturated carbocycles. The molecule has 0 unspecified atom stereocenters. The predicted octanol–water partition coefficient (Wildman–Crippen LogP) is 3.02. The molecular formula is C19H20N2O7. The van der Waals surface area contributed by atoms with Gasteiger partial charge in [-0.25, -0.2) is 4.79 Å². The first-order chi connectivity index (χ1) is 13.3. The van der Waals surface area contributed by atoms with Crippen molar-refractivity contribution in [2.24, 2.45) is 0 Å². The molecule has 0 aliphatic rings. The van der Waals surface area contributed by atoms with Crippen molar-refractivity contribution >= 4 is 23.3 Å². The van der Waals surface area contributed by atoms with Crippen molar-refractivity contribution in [1.29, 1.82) is 0 Å². The second-order valence-electron chi connectivity index (χ2n) is 5.90. The molecule has 2 aromatic rings. The average Bonchev–Trinajstić information content (AvgIpc) is 2.67. The molecule has 0 atom stereocenters. The smallest absolute Gasteiger partial charge is 0.342 e. The zero-order valence-corrected chi connectivity index (χ0v) is 15.9. The van der Waals surface area contributed by atoms with E-state index in [1.807, 2.05) is 0 Å². The van der Waals surface area contributed by atoms with Gasteiger partial charge in [-0.2, -0.15) is 0 Å². The minimum atomic E-state index is -0.791. The van der Waals surface area contributed by atoms with Crippen LogP contribution >= 0.6 is 0 Å². The molecule has 2 rings (SSSR count). The Balaban J connectivity index is 2.10. The van der Waals surface area contributed by atoms with Crippen LogP contribution in [0.15, 0.2) is 30.3 Å². The van der Waals surface area contributed by atoms with Crippen LogP contribution in [-0.4, -0.2) is 37.6 Å². The van der Waals surface area contributed by atoms with Gasteiger partial charge in [0.2, 0.25) is 0 Å². The molecule has 148 valence electrons. The number of benzene rings is 2. The molecule has 0 fully saturated rings. The topological polar surface area (TPSA) is 117 Å². The Labute approximate surface area is 161 Å². The fourth-order valence-electron chi connectivity index (χ4n) is 2.42. The number of aryl methyl sites for hydroxylation is 2. The molecule has 0 aliphatic heterocycles. The van der Waals surface area contributed by atoms with E-state index in [1.165, 1.54) is 38.5 Å². The molecule has 1 N–H and O–H groups in total. The van der Waals surface area contributed by atoms with Crippen molar-refractivity contribution in [3.63, 3.8) is 0 Å². The Hall–Kier alpha value is -3.62. The highest BCUT2D eigenvalue weighted by Gasteiger charge is 2.20. The number of ether oxygens (including phenoxy) is 3. The number of nitro groups is 1. The van der Waals surface area contributed by atoms with Gasteiger partial charge in [0, 0.05) is 6.07 Å². The molecule has 9 heteroatoms. The molecule has 0 spiro atoms. The normalized spacial score (nSPS) is 10.1. The second-order valence-corrected chi connectivity index (χ2v) is 5.90. The molecule has 9 nitrogen and oxygen atoms in total. The Morgan fingerprint density at radius 1 is 1.07 bits per heavy atom. The maximum Gasteiger partial charge on any atom is 0.342 e. The zero-order valence-electron chi connectivity index (χ0n) is 15.9. The maximum atomic E-state index is 12.3. The van der Waals surface area contributed by atoms with Crippen LogP contribution in [0, 0.1) is 24.0 Å². The third-order valence-electron chi connectivity index (χ3n) is 4.04. The minimum Gasteiger partial charge on any atom is -0.497 e. The first kappa shape index (κ1) is 20.7. The molecular weight excluding hydrogens is 368 g/mol. The highest BCUT2D eigenvalue weighted by Crippen LogP contribution is 2.28. The van der Waals surface area contributed by atoms with Crippen LogP contribution in [0.5, 0.6) is 11.5 Å². The van der Waals surface area contributed by atoms with Gasteiger partial charge in [0.1, 0.15) is 22.7 Å². The summed E-state index contributed by atoms with van der Waals surface area (Å²) in [6, 6.07) is 7.44. The van der Waals surface area contributed by atoms with Gasteiger partial charge in [-0.15, -0.1) is 0 Å². The number of nitrogens with one attached hydrogen (secondary N) is 1. The molecule has 0 aliphatic carbocycles. The first-order valence-electron chi connectivity index (χ1n) is 8.21. The lowest BCUT2D eigenvalue weighted by Crippen LogP contribution is -2.21. The Bertz CT molecular complexity index is 925. The summed E-state index contributed by atoms with van der Waals surface area (Å²) in [5.74, 6) is -0.819. The van der Waals surface area contributed by atoms with Gasteiger partial charge in [-0.05, 0) is 49.2 Å². The number of carbonyl (C=O) groups excluding carboxylic acids is 2. The summed E-state index contributed by atoms with van der Waals surface area (Å²) in [6.07, 6.45) is 0.